The van der Waals surface area contributed by atoms with Crippen LogP contribution < -0.4 is 0 Å². The molecule has 4 heterocycles. The molecule has 29 heavy (non-hydrogen) atoms. The summed E-state index contributed by atoms with van der Waals surface area (Å²) in [5, 5.41) is 4.08. The largest absolute Gasteiger partial charge is 0.368 e. The molecule has 1 amide bonds. The summed E-state index contributed by atoms with van der Waals surface area (Å²) in [6, 6.07) is 5.75. The van der Waals surface area contributed by atoms with E-state index in [0.29, 0.717) is 36.7 Å². The summed E-state index contributed by atoms with van der Waals surface area (Å²) in [7, 11) is 0. The van der Waals surface area contributed by atoms with Gasteiger partial charge in [0.15, 0.2) is 0 Å². The quantitative estimate of drug-likeness (QED) is 0.672. The van der Waals surface area contributed by atoms with Gasteiger partial charge in [-0.1, -0.05) is 25.1 Å². The van der Waals surface area contributed by atoms with Crippen LogP contribution in [0.1, 0.15) is 53.4 Å². The molecular formula is C21H23N5O3. The topological polar surface area (TPSA) is 94.2 Å². The fourth-order valence-corrected chi connectivity index (χ4v) is 3.44. The average Bonchev–Trinajstić information content (AvgIpc) is 3.16. The Labute approximate surface area is 168 Å². The Morgan fingerprint density at radius 2 is 2.03 bits per heavy atom. The Hall–Kier alpha value is -3.13. The number of carbonyl (C=O) groups is 1. The van der Waals surface area contributed by atoms with E-state index in [-0.39, 0.29) is 17.9 Å². The molecule has 8 heteroatoms. The summed E-state index contributed by atoms with van der Waals surface area (Å²) >= 11 is 0. The maximum Gasteiger partial charge on any atom is 0.259 e. The van der Waals surface area contributed by atoms with Crippen LogP contribution in [-0.4, -0.2) is 50.6 Å². The van der Waals surface area contributed by atoms with Crippen molar-refractivity contribution in [3.8, 4) is 11.3 Å². The van der Waals surface area contributed by atoms with E-state index in [9.17, 15) is 4.79 Å². The van der Waals surface area contributed by atoms with Gasteiger partial charge in [0, 0.05) is 24.5 Å². The smallest absolute Gasteiger partial charge is 0.259 e. The van der Waals surface area contributed by atoms with Crippen molar-refractivity contribution in [2.45, 2.75) is 32.8 Å². The molecule has 1 atom stereocenters. The van der Waals surface area contributed by atoms with Crippen molar-refractivity contribution < 1.29 is 14.1 Å². The number of pyridine rings is 1. The van der Waals surface area contributed by atoms with Gasteiger partial charge in [-0.25, -0.2) is 15.0 Å². The molecule has 3 aromatic rings. The molecule has 0 saturated carbocycles. The summed E-state index contributed by atoms with van der Waals surface area (Å²) < 4.78 is 11.2. The zero-order valence-corrected chi connectivity index (χ0v) is 16.7. The third kappa shape index (κ3) is 3.88. The molecule has 0 aliphatic carbocycles. The average molecular weight is 393 g/mol. The van der Waals surface area contributed by atoms with Crippen molar-refractivity contribution in [1.82, 2.24) is 25.0 Å². The Bertz CT molecular complexity index is 1000. The number of morpholine rings is 1. The third-order valence-electron chi connectivity index (χ3n) is 4.96. The highest BCUT2D eigenvalue weighted by atomic mass is 16.5. The standard InChI is InChI=1S/C21H23N5O3/c1-13(2)20-19(14(3)29-25-20)21(27)26-7-8-28-18(11-26)17-6-4-5-16(24-17)15-9-22-12-23-10-15/h4-6,9-10,12-13,18H,7-8,11H2,1-3H3. The lowest BCUT2D eigenvalue weighted by molar-refractivity contribution is -0.0247. The van der Waals surface area contributed by atoms with Crippen molar-refractivity contribution in [1.29, 1.82) is 0 Å². The highest BCUT2D eigenvalue weighted by Crippen LogP contribution is 2.27. The van der Waals surface area contributed by atoms with E-state index in [0.717, 1.165) is 17.0 Å². The molecule has 8 nitrogen and oxygen atoms in total. The first kappa shape index (κ1) is 19.2. The number of aryl methyl sites for hydroxylation is 1. The molecule has 150 valence electrons. The number of rotatable bonds is 4. The zero-order chi connectivity index (χ0) is 20.4. The van der Waals surface area contributed by atoms with E-state index >= 15 is 0 Å². The maximum absolute atomic E-state index is 13.2. The molecule has 0 spiro atoms. The fourth-order valence-electron chi connectivity index (χ4n) is 3.44. The SMILES string of the molecule is Cc1onc(C(C)C)c1C(=O)N1CCOC(c2cccc(-c3cncnc3)n2)C1. The molecule has 0 bridgehead atoms. The number of amides is 1. The van der Waals surface area contributed by atoms with Crippen LogP contribution in [0.4, 0.5) is 0 Å². The molecule has 1 unspecified atom stereocenters. The second-order valence-electron chi connectivity index (χ2n) is 7.34. The van der Waals surface area contributed by atoms with Crippen molar-refractivity contribution in [2.24, 2.45) is 0 Å². The Kier molecular flexibility index (Phi) is 5.35. The van der Waals surface area contributed by atoms with Crippen molar-refractivity contribution in [3.05, 3.63) is 59.6 Å². The van der Waals surface area contributed by atoms with E-state index in [2.05, 4.69) is 15.1 Å². The highest BCUT2D eigenvalue weighted by Gasteiger charge is 2.31. The minimum atomic E-state index is -0.306. The molecule has 0 radical (unpaired) electrons. The Balaban J connectivity index is 1.57. The second kappa shape index (κ2) is 8.08. The first-order valence-corrected chi connectivity index (χ1v) is 9.64. The summed E-state index contributed by atoms with van der Waals surface area (Å²) in [5.41, 5.74) is 3.63. The lowest BCUT2D eigenvalue weighted by Gasteiger charge is -2.33. The van der Waals surface area contributed by atoms with Gasteiger partial charge >= 0.3 is 0 Å². The van der Waals surface area contributed by atoms with Crippen molar-refractivity contribution >= 4 is 5.91 Å². The first-order valence-electron chi connectivity index (χ1n) is 9.64. The summed E-state index contributed by atoms with van der Waals surface area (Å²) in [6.45, 7) is 7.15. The molecule has 1 aliphatic heterocycles. The van der Waals surface area contributed by atoms with Crippen LogP contribution >= 0.6 is 0 Å². The van der Waals surface area contributed by atoms with Gasteiger partial charge in [-0.15, -0.1) is 0 Å². The van der Waals surface area contributed by atoms with Crippen LogP contribution in [-0.2, 0) is 4.74 Å². The van der Waals surface area contributed by atoms with Crippen LogP contribution in [0.3, 0.4) is 0 Å². The van der Waals surface area contributed by atoms with E-state index in [1.165, 1.54) is 6.33 Å². The summed E-state index contributed by atoms with van der Waals surface area (Å²) in [4.78, 5) is 27.8. The molecule has 1 saturated heterocycles. The number of ether oxygens (including phenoxy) is 1. The number of carbonyl (C=O) groups excluding carboxylic acids is 1. The maximum atomic E-state index is 13.2. The lowest BCUT2D eigenvalue weighted by Crippen LogP contribution is -2.42. The summed E-state index contributed by atoms with van der Waals surface area (Å²) in [6.07, 6.45) is 4.62. The molecule has 1 fully saturated rings. The van der Waals surface area contributed by atoms with Gasteiger partial charge in [-0.3, -0.25) is 4.79 Å². The van der Waals surface area contributed by atoms with Gasteiger partial charge in [-0.2, -0.15) is 0 Å². The molecule has 1 aliphatic rings. The first-order chi connectivity index (χ1) is 14.0. The van der Waals surface area contributed by atoms with Gasteiger partial charge in [-0.05, 0) is 25.0 Å². The van der Waals surface area contributed by atoms with Crippen LogP contribution in [0.25, 0.3) is 11.3 Å². The van der Waals surface area contributed by atoms with Crippen LogP contribution in [0.5, 0.6) is 0 Å². The predicted molar refractivity (Wildman–Crippen MR) is 105 cm³/mol. The Morgan fingerprint density at radius 1 is 1.24 bits per heavy atom. The van der Waals surface area contributed by atoms with Crippen LogP contribution in [0.15, 0.2) is 41.4 Å². The van der Waals surface area contributed by atoms with Crippen molar-refractivity contribution in [2.75, 3.05) is 19.7 Å². The van der Waals surface area contributed by atoms with Crippen molar-refractivity contribution in [3.63, 3.8) is 0 Å². The van der Waals surface area contributed by atoms with E-state index in [4.69, 9.17) is 14.2 Å². The van der Waals surface area contributed by atoms with Gasteiger partial charge < -0.3 is 14.2 Å². The summed E-state index contributed by atoms with van der Waals surface area (Å²) in [5.74, 6) is 0.578. The number of hydrogen-bond acceptors (Lipinski definition) is 7. The Morgan fingerprint density at radius 3 is 2.79 bits per heavy atom. The van der Waals surface area contributed by atoms with Gasteiger partial charge in [0.25, 0.3) is 5.91 Å². The normalized spacial score (nSPS) is 17.0. The number of nitrogens with zero attached hydrogens (tertiary/aromatic N) is 5. The molecule has 0 aromatic carbocycles. The van der Waals surface area contributed by atoms with Gasteiger partial charge in [0.1, 0.15) is 23.8 Å². The van der Waals surface area contributed by atoms with Gasteiger partial charge in [0.05, 0.1) is 30.2 Å². The number of hydrogen-bond donors (Lipinski definition) is 0. The molecule has 4 rings (SSSR count). The predicted octanol–water partition coefficient (Wildman–Crippen LogP) is 3.17. The van der Waals surface area contributed by atoms with Crippen LogP contribution in [0.2, 0.25) is 0 Å². The van der Waals surface area contributed by atoms with E-state index < -0.39 is 0 Å². The fraction of sp³-hybridized carbons (Fsp3) is 0.381. The monoisotopic (exact) mass is 393 g/mol. The van der Waals surface area contributed by atoms with Crippen LogP contribution in [0, 0.1) is 6.92 Å². The van der Waals surface area contributed by atoms with Gasteiger partial charge in [0.2, 0.25) is 0 Å². The highest BCUT2D eigenvalue weighted by molar-refractivity contribution is 5.96. The lowest BCUT2D eigenvalue weighted by atomic mass is 10.0. The molecule has 3 aromatic heterocycles. The molecule has 0 N–H and O–H groups in total. The zero-order valence-electron chi connectivity index (χ0n) is 16.7. The molecular weight excluding hydrogens is 370 g/mol. The van der Waals surface area contributed by atoms with E-state index in [1.54, 1.807) is 24.2 Å². The third-order valence-corrected chi connectivity index (χ3v) is 4.96. The van der Waals surface area contributed by atoms with E-state index in [1.807, 2.05) is 32.0 Å². The second-order valence-corrected chi connectivity index (χ2v) is 7.34. The number of aromatic nitrogens is 4. The minimum Gasteiger partial charge on any atom is -0.368 e. The minimum absolute atomic E-state index is 0.0756.